The van der Waals surface area contributed by atoms with E-state index in [4.69, 9.17) is 9.15 Å². The molecule has 0 bridgehead atoms. The number of amides is 1. The molecule has 0 saturated carbocycles. The van der Waals surface area contributed by atoms with Crippen LogP contribution in [0.2, 0.25) is 0 Å². The lowest BCUT2D eigenvalue weighted by atomic mass is 9.95. The lowest BCUT2D eigenvalue weighted by Crippen LogP contribution is -2.63. The quantitative estimate of drug-likeness (QED) is 0.270. The second kappa shape index (κ2) is 11.8. The number of carbonyl (C=O) groups is 1. The second-order valence-electron chi connectivity index (χ2n) is 10.4. The smallest absolute Gasteiger partial charge is 0.262 e. The van der Waals surface area contributed by atoms with Crippen LogP contribution in [0.25, 0.3) is 28.2 Å². The Morgan fingerprint density at radius 1 is 1.05 bits per heavy atom. The summed E-state index contributed by atoms with van der Waals surface area (Å²) in [7, 11) is 2.14. The highest BCUT2D eigenvalue weighted by Crippen LogP contribution is 2.30. The number of nitriles is 1. The molecule has 2 aromatic carbocycles. The zero-order valence-electron chi connectivity index (χ0n) is 22.5. The zero-order valence-corrected chi connectivity index (χ0v) is 22.5. The molecule has 1 aromatic heterocycles. The molecular formula is C30H34N4O6. The van der Waals surface area contributed by atoms with Gasteiger partial charge >= 0.3 is 0 Å². The van der Waals surface area contributed by atoms with Gasteiger partial charge < -0.3 is 39.6 Å². The van der Waals surface area contributed by atoms with Gasteiger partial charge in [-0.15, -0.1) is 0 Å². The first-order valence-electron chi connectivity index (χ1n) is 13.5. The van der Waals surface area contributed by atoms with Crippen molar-refractivity contribution in [2.75, 3.05) is 38.1 Å². The molecule has 5 atom stereocenters. The molecule has 4 N–H and O–H groups in total. The first-order chi connectivity index (χ1) is 19.3. The number of furan rings is 1. The molecule has 3 heterocycles. The Hall–Kier alpha value is -3.72. The first-order valence-corrected chi connectivity index (χ1v) is 13.5. The standard InChI is InChI=1S/C30H34N4O6/c1-3-24-27(35)28(36)26(30(38)40-24)32-29(37)21(17-31)16-23-8-9-25(39-23)20-5-4-19-15-22(7-6-18(19)14-20)34-12-10-33(2)11-13-34/h4-9,14-16,24,26-28,30,35-36,38H,3,10-13H2,1-2H3,(H,32,37)/b21-16+/t24-,26-,27-,28-,30?/m1/s1. The molecule has 2 saturated heterocycles. The summed E-state index contributed by atoms with van der Waals surface area (Å²) in [6.45, 7) is 5.83. The summed E-state index contributed by atoms with van der Waals surface area (Å²) >= 11 is 0. The molecule has 1 amide bonds. The molecule has 0 radical (unpaired) electrons. The fourth-order valence-electron chi connectivity index (χ4n) is 5.19. The second-order valence-corrected chi connectivity index (χ2v) is 10.4. The van der Waals surface area contributed by atoms with Crippen LogP contribution in [0.4, 0.5) is 5.69 Å². The van der Waals surface area contributed by atoms with Gasteiger partial charge in [0.15, 0.2) is 6.29 Å². The monoisotopic (exact) mass is 546 g/mol. The van der Waals surface area contributed by atoms with Crippen molar-refractivity contribution in [2.24, 2.45) is 0 Å². The Labute approximate surface area is 232 Å². The largest absolute Gasteiger partial charge is 0.457 e. The van der Waals surface area contributed by atoms with E-state index >= 15 is 0 Å². The maximum absolute atomic E-state index is 12.8. The third-order valence-corrected chi connectivity index (χ3v) is 7.68. The number of carbonyl (C=O) groups excluding carboxylic acids is 1. The van der Waals surface area contributed by atoms with E-state index in [1.54, 1.807) is 19.1 Å². The van der Waals surface area contributed by atoms with Gasteiger partial charge in [-0.1, -0.05) is 25.1 Å². The van der Waals surface area contributed by atoms with E-state index in [0.717, 1.165) is 42.5 Å². The van der Waals surface area contributed by atoms with Crippen LogP contribution >= 0.6 is 0 Å². The highest BCUT2D eigenvalue weighted by molar-refractivity contribution is 6.01. The van der Waals surface area contributed by atoms with E-state index in [-0.39, 0.29) is 5.57 Å². The minimum absolute atomic E-state index is 0.289. The van der Waals surface area contributed by atoms with E-state index < -0.39 is 36.6 Å². The summed E-state index contributed by atoms with van der Waals surface area (Å²) in [6.07, 6.45) is -3.39. The number of anilines is 1. The van der Waals surface area contributed by atoms with Crippen molar-refractivity contribution in [1.82, 2.24) is 10.2 Å². The number of hydrogen-bond acceptors (Lipinski definition) is 9. The van der Waals surface area contributed by atoms with Gasteiger partial charge in [0.2, 0.25) is 0 Å². The minimum atomic E-state index is -1.53. The van der Waals surface area contributed by atoms with Gasteiger partial charge in [0.1, 0.15) is 41.4 Å². The van der Waals surface area contributed by atoms with Crippen molar-refractivity contribution in [3.05, 3.63) is 59.9 Å². The number of aliphatic hydroxyl groups is 3. The Kier molecular flexibility index (Phi) is 8.21. The van der Waals surface area contributed by atoms with Crippen LogP contribution < -0.4 is 10.2 Å². The van der Waals surface area contributed by atoms with E-state index in [1.165, 1.54) is 11.8 Å². The number of nitrogens with zero attached hydrogens (tertiary/aromatic N) is 3. The molecule has 5 rings (SSSR count). The molecule has 10 nitrogen and oxygen atoms in total. The van der Waals surface area contributed by atoms with Crippen LogP contribution in [0, 0.1) is 11.3 Å². The minimum Gasteiger partial charge on any atom is -0.457 e. The van der Waals surface area contributed by atoms with Gasteiger partial charge in [-0.3, -0.25) is 4.79 Å². The summed E-state index contributed by atoms with van der Waals surface area (Å²) in [5.41, 5.74) is 1.77. The van der Waals surface area contributed by atoms with Gasteiger partial charge in [0.05, 0.1) is 6.10 Å². The molecule has 2 aliphatic heterocycles. The highest BCUT2D eigenvalue weighted by atomic mass is 16.6. The van der Waals surface area contributed by atoms with Gasteiger partial charge in [0, 0.05) is 43.5 Å². The molecule has 10 heteroatoms. The van der Waals surface area contributed by atoms with Crippen molar-refractivity contribution in [2.45, 2.75) is 44.0 Å². The fourth-order valence-corrected chi connectivity index (χ4v) is 5.19. The van der Waals surface area contributed by atoms with Gasteiger partial charge in [-0.05, 0) is 54.6 Å². The third kappa shape index (κ3) is 5.75. The number of fused-ring (bicyclic) bond motifs is 1. The SMILES string of the molecule is CC[C@H]1OC(O)[C@H](NC(=O)/C(C#N)=C/c2ccc(-c3ccc4cc(N5CCN(C)CC5)ccc4c3)o2)[C@@H](O)[C@@H]1O. The predicted molar refractivity (Wildman–Crippen MR) is 150 cm³/mol. The lowest BCUT2D eigenvalue weighted by Gasteiger charge is -2.40. The topological polar surface area (TPSA) is 142 Å². The molecule has 2 aliphatic rings. The Morgan fingerprint density at radius 3 is 2.50 bits per heavy atom. The maximum Gasteiger partial charge on any atom is 0.262 e. The number of aliphatic hydroxyl groups excluding tert-OH is 3. The summed E-state index contributed by atoms with van der Waals surface area (Å²) in [6, 6.07) is 16.4. The molecule has 210 valence electrons. The number of piperazine rings is 1. The van der Waals surface area contributed by atoms with Gasteiger partial charge in [-0.2, -0.15) is 5.26 Å². The molecular weight excluding hydrogens is 512 g/mol. The van der Waals surface area contributed by atoms with E-state index in [9.17, 15) is 25.4 Å². The number of nitrogens with one attached hydrogen (secondary N) is 1. The molecule has 0 spiro atoms. The number of rotatable bonds is 6. The average Bonchev–Trinajstić information content (AvgIpc) is 3.44. The first kappa shape index (κ1) is 27.8. The van der Waals surface area contributed by atoms with E-state index in [2.05, 4.69) is 46.4 Å². The number of likely N-dealkylation sites (N-methyl/N-ethyl adjacent to an activating group) is 1. The van der Waals surface area contributed by atoms with Crippen LogP contribution in [0.3, 0.4) is 0 Å². The lowest BCUT2D eigenvalue weighted by molar-refractivity contribution is -0.247. The molecule has 2 fully saturated rings. The summed E-state index contributed by atoms with van der Waals surface area (Å²) in [5, 5.41) is 45.0. The Morgan fingerprint density at radius 2 is 1.77 bits per heavy atom. The Balaban J connectivity index is 1.29. The third-order valence-electron chi connectivity index (χ3n) is 7.68. The van der Waals surface area contributed by atoms with Crippen LogP contribution in [0.5, 0.6) is 0 Å². The van der Waals surface area contributed by atoms with Crippen molar-refractivity contribution >= 4 is 28.4 Å². The molecule has 3 aromatic rings. The Bertz CT molecular complexity index is 1440. The zero-order chi connectivity index (χ0) is 28.4. The van der Waals surface area contributed by atoms with Gasteiger partial charge in [0.25, 0.3) is 5.91 Å². The van der Waals surface area contributed by atoms with E-state index in [1.807, 2.05) is 18.2 Å². The number of hydrogen-bond donors (Lipinski definition) is 4. The maximum atomic E-state index is 12.8. The van der Waals surface area contributed by atoms with Crippen LogP contribution in [0.1, 0.15) is 19.1 Å². The van der Waals surface area contributed by atoms with Crippen LogP contribution in [0.15, 0.2) is 58.5 Å². The average molecular weight is 547 g/mol. The van der Waals surface area contributed by atoms with Crippen molar-refractivity contribution < 1.29 is 29.3 Å². The predicted octanol–water partition coefficient (Wildman–Crippen LogP) is 2.09. The molecule has 0 aliphatic carbocycles. The van der Waals surface area contributed by atoms with Gasteiger partial charge in [-0.25, -0.2) is 0 Å². The normalized spacial score (nSPS) is 26.1. The highest BCUT2D eigenvalue weighted by Gasteiger charge is 2.44. The van der Waals surface area contributed by atoms with Crippen molar-refractivity contribution in [3.8, 4) is 17.4 Å². The summed E-state index contributed by atoms with van der Waals surface area (Å²) in [4.78, 5) is 17.5. The number of ether oxygens (including phenoxy) is 1. The molecule has 40 heavy (non-hydrogen) atoms. The summed E-state index contributed by atoms with van der Waals surface area (Å²) in [5.74, 6) is 0.0321. The number of benzene rings is 2. The van der Waals surface area contributed by atoms with Crippen molar-refractivity contribution in [3.63, 3.8) is 0 Å². The summed E-state index contributed by atoms with van der Waals surface area (Å²) < 4.78 is 11.2. The fraction of sp³-hybridized carbons (Fsp3) is 0.400. The molecule has 1 unspecified atom stereocenters. The van der Waals surface area contributed by atoms with Crippen LogP contribution in [-0.2, 0) is 9.53 Å². The van der Waals surface area contributed by atoms with Crippen LogP contribution in [-0.4, -0.2) is 90.0 Å². The van der Waals surface area contributed by atoms with Crippen molar-refractivity contribution in [1.29, 1.82) is 5.26 Å². The van der Waals surface area contributed by atoms with E-state index in [0.29, 0.717) is 17.9 Å².